The van der Waals surface area contributed by atoms with Gasteiger partial charge >= 0.3 is 0 Å². The van der Waals surface area contributed by atoms with E-state index >= 15 is 0 Å². The SMILES string of the molecule is CCOc1ccc(-c2cc(C(=O)N3CCC[C@]4(C)NC(=O)CCC[C@H]34)[nH]n2)cc1. The van der Waals surface area contributed by atoms with E-state index in [1.807, 2.05) is 36.1 Å². The van der Waals surface area contributed by atoms with E-state index in [9.17, 15) is 9.59 Å². The van der Waals surface area contributed by atoms with Crippen LogP contribution in [0.3, 0.4) is 0 Å². The van der Waals surface area contributed by atoms with Crippen molar-refractivity contribution in [3.05, 3.63) is 36.0 Å². The van der Waals surface area contributed by atoms with Crippen LogP contribution in [0.1, 0.15) is 56.4 Å². The van der Waals surface area contributed by atoms with Gasteiger partial charge in [-0.2, -0.15) is 5.10 Å². The highest BCUT2D eigenvalue weighted by Gasteiger charge is 2.45. The van der Waals surface area contributed by atoms with Crippen molar-refractivity contribution in [2.24, 2.45) is 0 Å². The van der Waals surface area contributed by atoms with Gasteiger partial charge in [0.25, 0.3) is 5.91 Å². The van der Waals surface area contributed by atoms with Crippen molar-refractivity contribution in [2.75, 3.05) is 13.2 Å². The van der Waals surface area contributed by atoms with Gasteiger partial charge in [-0.3, -0.25) is 14.7 Å². The van der Waals surface area contributed by atoms with E-state index < -0.39 is 0 Å². The lowest BCUT2D eigenvalue weighted by Gasteiger charge is -2.47. The van der Waals surface area contributed by atoms with E-state index in [-0.39, 0.29) is 23.4 Å². The van der Waals surface area contributed by atoms with Crippen LogP contribution < -0.4 is 10.1 Å². The normalized spacial score (nSPS) is 24.4. The number of amides is 2. The molecule has 2 saturated heterocycles. The number of carbonyl (C=O) groups excluding carboxylic acids is 2. The molecule has 0 radical (unpaired) electrons. The maximum absolute atomic E-state index is 13.3. The first-order chi connectivity index (χ1) is 14.0. The van der Waals surface area contributed by atoms with Gasteiger partial charge in [0.1, 0.15) is 11.4 Å². The molecule has 0 aliphatic carbocycles. The second-order valence-electron chi connectivity index (χ2n) is 8.10. The molecule has 0 spiro atoms. The van der Waals surface area contributed by atoms with E-state index in [0.717, 1.165) is 42.7 Å². The minimum Gasteiger partial charge on any atom is -0.494 e. The summed E-state index contributed by atoms with van der Waals surface area (Å²) in [6.45, 7) is 5.34. The Morgan fingerprint density at radius 3 is 2.86 bits per heavy atom. The average molecular weight is 396 g/mol. The Labute approximate surface area is 170 Å². The molecule has 29 heavy (non-hydrogen) atoms. The summed E-state index contributed by atoms with van der Waals surface area (Å²) < 4.78 is 5.48. The van der Waals surface area contributed by atoms with Gasteiger partial charge in [0.2, 0.25) is 5.91 Å². The van der Waals surface area contributed by atoms with E-state index in [2.05, 4.69) is 22.4 Å². The monoisotopic (exact) mass is 396 g/mol. The van der Waals surface area contributed by atoms with E-state index in [1.54, 1.807) is 6.07 Å². The number of carbonyl (C=O) groups is 2. The van der Waals surface area contributed by atoms with Crippen LogP contribution in [-0.4, -0.2) is 51.6 Å². The first kappa shape index (κ1) is 19.5. The van der Waals surface area contributed by atoms with Gasteiger partial charge in [0.15, 0.2) is 0 Å². The molecule has 7 heteroatoms. The number of fused-ring (bicyclic) bond motifs is 1. The zero-order chi connectivity index (χ0) is 20.4. The molecule has 2 aromatic rings. The molecule has 1 aromatic carbocycles. The number of hydrogen-bond acceptors (Lipinski definition) is 4. The van der Waals surface area contributed by atoms with Gasteiger partial charge < -0.3 is 15.0 Å². The van der Waals surface area contributed by atoms with Crippen molar-refractivity contribution in [3.8, 4) is 17.0 Å². The zero-order valence-electron chi connectivity index (χ0n) is 17.0. The molecule has 7 nitrogen and oxygen atoms in total. The standard InChI is InChI=1S/C22H28N4O3/c1-3-29-16-10-8-15(9-11-16)17-14-18(25-24-17)21(28)26-13-5-12-22(2)19(26)6-4-7-20(27)23-22/h8-11,14,19H,3-7,12-13H2,1-2H3,(H,23,27)(H,24,25)/t19-,22-/m0/s1. The van der Waals surface area contributed by atoms with Crippen LogP contribution in [0.25, 0.3) is 11.3 Å². The lowest BCUT2D eigenvalue weighted by molar-refractivity contribution is -0.123. The van der Waals surface area contributed by atoms with Crippen LogP contribution in [0.4, 0.5) is 0 Å². The summed E-state index contributed by atoms with van der Waals surface area (Å²) in [6, 6.07) is 9.49. The Kier molecular flexibility index (Phi) is 5.30. The third-order valence-electron chi connectivity index (χ3n) is 6.04. The van der Waals surface area contributed by atoms with E-state index in [0.29, 0.717) is 25.3 Å². The molecule has 2 N–H and O–H groups in total. The van der Waals surface area contributed by atoms with Crippen molar-refractivity contribution in [1.29, 1.82) is 0 Å². The van der Waals surface area contributed by atoms with E-state index in [4.69, 9.17) is 4.74 Å². The maximum Gasteiger partial charge on any atom is 0.272 e. The molecular formula is C22H28N4O3. The summed E-state index contributed by atoms with van der Waals surface area (Å²) in [5.74, 6) is 0.844. The summed E-state index contributed by atoms with van der Waals surface area (Å²) in [5.41, 5.74) is 1.77. The predicted octanol–water partition coefficient (Wildman–Crippen LogP) is 3.14. The molecule has 0 saturated carbocycles. The Hall–Kier alpha value is -2.83. The largest absolute Gasteiger partial charge is 0.494 e. The number of ether oxygens (including phenoxy) is 1. The number of benzene rings is 1. The van der Waals surface area contributed by atoms with Gasteiger partial charge in [-0.25, -0.2) is 0 Å². The second kappa shape index (κ2) is 7.89. The van der Waals surface area contributed by atoms with Crippen molar-refractivity contribution >= 4 is 11.8 Å². The predicted molar refractivity (Wildman–Crippen MR) is 110 cm³/mol. The number of hydrogen-bond donors (Lipinski definition) is 2. The number of nitrogens with one attached hydrogen (secondary N) is 2. The topological polar surface area (TPSA) is 87.3 Å². The molecule has 0 unspecified atom stereocenters. The lowest BCUT2D eigenvalue weighted by Crippen LogP contribution is -2.63. The minimum atomic E-state index is -0.362. The van der Waals surface area contributed by atoms with Gasteiger partial charge in [-0.15, -0.1) is 0 Å². The summed E-state index contributed by atoms with van der Waals surface area (Å²) in [5, 5.41) is 10.4. The molecular weight excluding hydrogens is 368 g/mol. The van der Waals surface area contributed by atoms with Crippen LogP contribution in [0.5, 0.6) is 5.75 Å². The summed E-state index contributed by atoms with van der Waals surface area (Å²) in [6.07, 6.45) is 3.93. The smallest absolute Gasteiger partial charge is 0.272 e. The number of likely N-dealkylation sites (tertiary alicyclic amines) is 1. The summed E-state index contributed by atoms with van der Waals surface area (Å²) in [7, 11) is 0. The minimum absolute atomic E-state index is 0.00688. The zero-order valence-corrected chi connectivity index (χ0v) is 17.0. The Morgan fingerprint density at radius 1 is 1.31 bits per heavy atom. The molecule has 154 valence electrons. The number of piperidine rings is 1. The van der Waals surface area contributed by atoms with E-state index in [1.165, 1.54) is 0 Å². The fourth-order valence-corrected chi connectivity index (χ4v) is 4.61. The van der Waals surface area contributed by atoms with Gasteiger partial charge in [0, 0.05) is 18.5 Å². The number of aromatic amines is 1. The molecule has 0 bridgehead atoms. The van der Waals surface area contributed by atoms with Crippen LogP contribution in [0.15, 0.2) is 30.3 Å². The highest BCUT2D eigenvalue weighted by Crippen LogP contribution is 2.34. The summed E-state index contributed by atoms with van der Waals surface area (Å²) >= 11 is 0. The second-order valence-corrected chi connectivity index (χ2v) is 8.10. The fraction of sp³-hybridized carbons (Fsp3) is 0.500. The van der Waals surface area contributed by atoms with Gasteiger partial charge in [-0.05, 0) is 69.9 Å². The molecule has 3 heterocycles. The quantitative estimate of drug-likeness (QED) is 0.831. The Morgan fingerprint density at radius 2 is 2.10 bits per heavy atom. The average Bonchev–Trinajstić information content (AvgIpc) is 3.13. The molecule has 2 atom stereocenters. The van der Waals surface area contributed by atoms with Gasteiger partial charge in [0.05, 0.1) is 23.9 Å². The maximum atomic E-state index is 13.3. The Bertz CT molecular complexity index is 892. The highest BCUT2D eigenvalue weighted by atomic mass is 16.5. The molecule has 1 aromatic heterocycles. The van der Waals surface area contributed by atoms with Crippen LogP contribution in [0, 0.1) is 0 Å². The van der Waals surface area contributed by atoms with Crippen molar-refractivity contribution in [3.63, 3.8) is 0 Å². The van der Waals surface area contributed by atoms with Crippen LogP contribution >= 0.6 is 0 Å². The van der Waals surface area contributed by atoms with Crippen molar-refractivity contribution in [2.45, 2.75) is 57.5 Å². The number of H-pyrrole nitrogens is 1. The number of rotatable bonds is 4. The van der Waals surface area contributed by atoms with Crippen LogP contribution in [0.2, 0.25) is 0 Å². The highest BCUT2D eigenvalue weighted by molar-refractivity contribution is 5.94. The number of aromatic nitrogens is 2. The van der Waals surface area contributed by atoms with Crippen molar-refractivity contribution in [1.82, 2.24) is 20.4 Å². The lowest BCUT2D eigenvalue weighted by atomic mass is 9.81. The first-order valence-electron chi connectivity index (χ1n) is 10.4. The molecule has 2 fully saturated rings. The molecule has 2 aliphatic rings. The molecule has 4 rings (SSSR count). The number of nitrogens with zero attached hydrogens (tertiary/aromatic N) is 2. The summed E-state index contributed by atoms with van der Waals surface area (Å²) in [4.78, 5) is 27.3. The van der Waals surface area contributed by atoms with Gasteiger partial charge in [-0.1, -0.05) is 0 Å². The van der Waals surface area contributed by atoms with Crippen LogP contribution in [-0.2, 0) is 4.79 Å². The molecule has 2 amide bonds. The Balaban J connectivity index is 1.54. The fourth-order valence-electron chi connectivity index (χ4n) is 4.61. The third-order valence-corrected chi connectivity index (χ3v) is 6.04. The van der Waals surface area contributed by atoms with Crippen molar-refractivity contribution < 1.29 is 14.3 Å². The third kappa shape index (κ3) is 3.86. The molecule has 2 aliphatic heterocycles. The first-order valence-corrected chi connectivity index (χ1v) is 10.4.